The van der Waals surface area contributed by atoms with Gasteiger partial charge in [-0.15, -0.1) is 4.40 Å². The lowest BCUT2D eigenvalue weighted by atomic mass is 10.3. The molecule has 0 atom stereocenters. The second-order valence-electron chi connectivity index (χ2n) is 3.23. The Morgan fingerprint density at radius 2 is 2.19 bits per heavy atom. The van der Waals surface area contributed by atoms with E-state index in [1.807, 2.05) is 0 Å². The number of aromatic hydroxyl groups is 1. The van der Waals surface area contributed by atoms with Crippen molar-refractivity contribution in [1.82, 2.24) is 0 Å². The number of phenolic OH excluding ortho intramolecular Hbond substituents is 1. The maximum absolute atomic E-state index is 12.2. The van der Waals surface area contributed by atoms with E-state index < -0.39 is 16.7 Å². The summed E-state index contributed by atoms with van der Waals surface area (Å²) in [7, 11) is -3.77. The summed E-state index contributed by atoms with van der Waals surface area (Å²) in [5.41, 5.74) is 0.324. The molecule has 0 aromatic heterocycles. The third-order valence-corrected chi connectivity index (χ3v) is 3.44. The number of anilines is 1. The van der Waals surface area contributed by atoms with Crippen LogP contribution in [0.3, 0.4) is 0 Å². The van der Waals surface area contributed by atoms with E-state index in [4.69, 9.17) is 0 Å². The van der Waals surface area contributed by atoms with Crippen LogP contribution in [0.1, 0.15) is 0 Å². The summed E-state index contributed by atoms with van der Waals surface area (Å²) in [6, 6.07) is 3.87. The van der Waals surface area contributed by atoms with Crippen molar-refractivity contribution < 1.29 is 17.9 Å². The summed E-state index contributed by atoms with van der Waals surface area (Å²) in [5.74, 6) is -0.167. The molecule has 0 saturated carbocycles. The number of halogens is 1. The average Bonchev–Trinajstić information content (AvgIpc) is 2.23. The number of sulfonamides is 1. The molecule has 5 nitrogen and oxygen atoms in total. The molecule has 1 heterocycles. The van der Waals surface area contributed by atoms with Gasteiger partial charge >= 0.3 is 0 Å². The van der Waals surface area contributed by atoms with Gasteiger partial charge in [-0.2, -0.15) is 8.42 Å². The van der Waals surface area contributed by atoms with Gasteiger partial charge in [-0.1, -0.05) is 0 Å². The van der Waals surface area contributed by atoms with Crippen molar-refractivity contribution in [3.63, 3.8) is 0 Å². The van der Waals surface area contributed by atoms with Crippen molar-refractivity contribution in [3.8, 4) is 5.75 Å². The number of alkyl halides is 1. The van der Waals surface area contributed by atoms with Gasteiger partial charge < -0.3 is 10.0 Å². The smallest absolute Gasteiger partial charge is 0.285 e. The first kappa shape index (κ1) is 10.9. The van der Waals surface area contributed by atoms with E-state index in [1.165, 1.54) is 17.0 Å². The molecule has 86 valence electrons. The summed E-state index contributed by atoms with van der Waals surface area (Å²) >= 11 is 0. The van der Waals surface area contributed by atoms with Crippen molar-refractivity contribution in [2.24, 2.45) is 4.40 Å². The molecule has 1 aliphatic heterocycles. The van der Waals surface area contributed by atoms with Crippen LogP contribution in [0, 0.1) is 0 Å². The highest BCUT2D eigenvalue weighted by Crippen LogP contribution is 2.32. The van der Waals surface area contributed by atoms with Gasteiger partial charge in [0, 0.05) is 6.07 Å². The molecule has 16 heavy (non-hydrogen) atoms. The number of phenols is 1. The first-order valence-corrected chi connectivity index (χ1v) is 5.95. The summed E-state index contributed by atoms with van der Waals surface area (Å²) in [4.78, 5) is 1.28. The van der Waals surface area contributed by atoms with E-state index >= 15 is 0 Å². The van der Waals surface area contributed by atoms with Crippen molar-refractivity contribution in [2.75, 3.05) is 18.1 Å². The van der Waals surface area contributed by atoms with Crippen LogP contribution in [0.4, 0.5) is 10.1 Å². The monoisotopic (exact) mass is 244 g/mol. The second kappa shape index (κ2) is 3.75. The Kier molecular flexibility index (Phi) is 2.55. The second-order valence-corrected chi connectivity index (χ2v) is 4.83. The number of fused-ring (bicyclic) bond motifs is 1. The van der Waals surface area contributed by atoms with Gasteiger partial charge in [-0.05, 0) is 12.1 Å². The molecule has 1 N–H and O–H groups in total. The van der Waals surface area contributed by atoms with E-state index in [1.54, 1.807) is 0 Å². The van der Waals surface area contributed by atoms with Crippen molar-refractivity contribution in [2.45, 2.75) is 4.90 Å². The summed E-state index contributed by atoms with van der Waals surface area (Å²) < 4.78 is 38.7. The molecule has 0 saturated heterocycles. The van der Waals surface area contributed by atoms with Crippen LogP contribution in [-0.4, -0.2) is 33.1 Å². The fourth-order valence-electron chi connectivity index (χ4n) is 1.45. The van der Waals surface area contributed by atoms with Crippen molar-refractivity contribution >= 4 is 22.0 Å². The molecule has 0 bridgehead atoms. The highest BCUT2D eigenvalue weighted by Gasteiger charge is 2.25. The largest absolute Gasteiger partial charge is 0.508 e. The summed E-state index contributed by atoms with van der Waals surface area (Å²) in [5, 5.41) is 9.23. The number of rotatable bonds is 2. The molecule has 1 aromatic carbocycles. The molecule has 1 aliphatic rings. The lowest BCUT2D eigenvalue weighted by molar-refractivity contribution is 0.473. The minimum absolute atomic E-state index is 0.0246. The third kappa shape index (κ3) is 1.73. The van der Waals surface area contributed by atoms with Gasteiger partial charge in [-0.25, -0.2) is 4.39 Å². The van der Waals surface area contributed by atoms with Gasteiger partial charge in [0.15, 0.2) is 0 Å². The Labute approximate surface area is 91.9 Å². The topological polar surface area (TPSA) is 70.0 Å². The van der Waals surface area contributed by atoms with Crippen molar-refractivity contribution in [1.29, 1.82) is 0 Å². The fraction of sp³-hybridized carbons (Fsp3) is 0.222. The Balaban J connectivity index is 2.59. The molecular weight excluding hydrogens is 235 g/mol. The minimum Gasteiger partial charge on any atom is -0.508 e. The molecule has 7 heteroatoms. The molecule has 0 amide bonds. The molecule has 0 fully saturated rings. The first-order valence-electron chi connectivity index (χ1n) is 4.51. The van der Waals surface area contributed by atoms with E-state index in [-0.39, 0.29) is 17.2 Å². The molecule has 0 aliphatic carbocycles. The van der Waals surface area contributed by atoms with Crippen LogP contribution in [0.5, 0.6) is 5.75 Å². The van der Waals surface area contributed by atoms with E-state index in [9.17, 15) is 17.9 Å². The number of hydrogen-bond acceptors (Lipinski definition) is 4. The predicted octanol–water partition coefficient (Wildman–Crippen LogP) is 0.899. The van der Waals surface area contributed by atoms with Crippen LogP contribution >= 0.6 is 0 Å². The van der Waals surface area contributed by atoms with Crippen molar-refractivity contribution in [3.05, 3.63) is 18.2 Å². The Bertz CT molecular complexity index is 542. The fourth-order valence-corrected chi connectivity index (χ4v) is 2.52. The zero-order valence-corrected chi connectivity index (χ0v) is 8.98. The predicted molar refractivity (Wildman–Crippen MR) is 57.1 cm³/mol. The number of hydrogen-bond donors (Lipinski definition) is 1. The SMILES string of the molecule is O=S1(=O)N=CN(CCF)c2ccc(O)cc21. The quantitative estimate of drug-likeness (QED) is 0.839. The average molecular weight is 244 g/mol. The van der Waals surface area contributed by atoms with Gasteiger partial charge in [0.2, 0.25) is 0 Å². The van der Waals surface area contributed by atoms with Gasteiger partial charge in [0.1, 0.15) is 23.7 Å². The van der Waals surface area contributed by atoms with Crippen LogP contribution in [0.15, 0.2) is 27.5 Å². The molecule has 2 rings (SSSR count). The van der Waals surface area contributed by atoms with Gasteiger partial charge in [-0.3, -0.25) is 0 Å². The van der Waals surface area contributed by atoms with Crippen LogP contribution in [0.2, 0.25) is 0 Å². The normalized spacial score (nSPS) is 17.2. The molecule has 0 spiro atoms. The maximum atomic E-state index is 12.2. The highest BCUT2D eigenvalue weighted by atomic mass is 32.2. The van der Waals surface area contributed by atoms with E-state index in [2.05, 4.69) is 4.40 Å². The number of nitrogens with zero attached hydrogens (tertiary/aromatic N) is 2. The Morgan fingerprint density at radius 1 is 1.44 bits per heavy atom. The number of benzene rings is 1. The summed E-state index contributed by atoms with van der Waals surface area (Å²) in [6.07, 6.45) is 1.08. The third-order valence-electron chi connectivity index (χ3n) is 2.18. The minimum atomic E-state index is -3.77. The molecule has 1 aromatic rings. The first-order chi connectivity index (χ1) is 7.54. The lowest BCUT2D eigenvalue weighted by Gasteiger charge is -2.23. The Hall–Kier alpha value is -1.63. The van der Waals surface area contributed by atoms with Gasteiger partial charge in [0.25, 0.3) is 10.0 Å². The maximum Gasteiger partial charge on any atom is 0.285 e. The van der Waals surface area contributed by atoms with Crippen LogP contribution in [0.25, 0.3) is 0 Å². The van der Waals surface area contributed by atoms with Crippen LogP contribution in [-0.2, 0) is 10.0 Å². The van der Waals surface area contributed by atoms with E-state index in [0.29, 0.717) is 5.69 Å². The zero-order chi connectivity index (χ0) is 11.8. The van der Waals surface area contributed by atoms with Crippen LogP contribution < -0.4 is 4.90 Å². The summed E-state index contributed by atoms with van der Waals surface area (Å²) in [6.45, 7) is -0.594. The van der Waals surface area contributed by atoms with E-state index in [0.717, 1.165) is 12.4 Å². The lowest BCUT2D eigenvalue weighted by Crippen LogP contribution is -2.29. The molecular formula is C9H9FN2O3S. The molecule has 0 radical (unpaired) electrons. The standard InChI is InChI=1S/C9H9FN2O3S/c10-3-4-12-6-11-16(14,15)9-5-7(13)1-2-8(9)12/h1-2,5-6,13H,3-4H2. The van der Waals surface area contributed by atoms with Gasteiger partial charge in [0.05, 0.1) is 12.2 Å². The zero-order valence-electron chi connectivity index (χ0n) is 8.17. The highest BCUT2D eigenvalue weighted by molar-refractivity contribution is 7.90. The molecule has 0 unspecified atom stereocenters. The Morgan fingerprint density at radius 3 is 2.88 bits per heavy atom.